The molecule has 3 aromatic rings. The molecule has 2 saturated carbocycles. The van der Waals surface area contributed by atoms with Crippen LogP contribution in [0.4, 0.5) is 0 Å². The van der Waals surface area contributed by atoms with Gasteiger partial charge in [0.1, 0.15) is 11.3 Å². The van der Waals surface area contributed by atoms with Crippen LogP contribution in [0.2, 0.25) is 5.02 Å². The van der Waals surface area contributed by atoms with Gasteiger partial charge in [-0.15, -0.1) is 0 Å². The summed E-state index contributed by atoms with van der Waals surface area (Å²) in [6.07, 6.45) is 7.17. The summed E-state index contributed by atoms with van der Waals surface area (Å²) >= 11 is 7.72. The molecule has 2 aliphatic carbocycles. The van der Waals surface area contributed by atoms with E-state index in [1.54, 1.807) is 11.8 Å². The third kappa shape index (κ3) is 4.86. The van der Waals surface area contributed by atoms with Crippen molar-refractivity contribution in [3.05, 3.63) is 59.5 Å². The molecule has 0 N–H and O–H groups in total. The van der Waals surface area contributed by atoms with Crippen molar-refractivity contribution in [3.8, 4) is 11.3 Å². The number of halogens is 1. The molecule has 2 heterocycles. The quantitative estimate of drug-likeness (QED) is 0.386. The highest BCUT2D eigenvalue weighted by molar-refractivity contribution is 7.99. The second-order valence-electron chi connectivity index (χ2n) is 9.56. The van der Waals surface area contributed by atoms with E-state index in [1.807, 2.05) is 57.3 Å². The zero-order chi connectivity index (χ0) is 22.5. The van der Waals surface area contributed by atoms with Crippen LogP contribution in [-0.2, 0) is 9.53 Å². The summed E-state index contributed by atoms with van der Waals surface area (Å²) in [7, 11) is 0. The first-order valence-corrected chi connectivity index (χ1v) is 12.2. The van der Waals surface area contributed by atoms with Gasteiger partial charge in [0.2, 0.25) is 0 Å². The molecule has 0 amide bonds. The summed E-state index contributed by atoms with van der Waals surface area (Å²) in [6.45, 7) is 5.70. The first-order chi connectivity index (χ1) is 15.3. The van der Waals surface area contributed by atoms with E-state index in [1.165, 1.54) is 12.8 Å². The van der Waals surface area contributed by atoms with E-state index in [9.17, 15) is 4.79 Å². The van der Waals surface area contributed by atoms with Crippen molar-refractivity contribution < 1.29 is 9.53 Å². The van der Waals surface area contributed by atoms with Crippen LogP contribution >= 0.6 is 23.4 Å². The monoisotopic (exact) mass is 467 g/mol. The number of rotatable bonds is 6. The van der Waals surface area contributed by atoms with Crippen molar-refractivity contribution in [2.45, 2.75) is 67.4 Å². The lowest BCUT2D eigenvalue weighted by Gasteiger charge is -2.19. The number of nitrogens with zero attached hydrogens (tertiary/aromatic N) is 3. The zero-order valence-electron chi connectivity index (χ0n) is 18.4. The summed E-state index contributed by atoms with van der Waals surface area (Å²) in [5.74, 6) is -0.0679. The molecule has 0 radical (unpaired) electrons. The molecule has 2 fully saturated rings. The maximum Gasteiger partial charge on any atom is 0.310 e. The largest absolute Gasteiger partial charge is 0.460 e. The van der Waals surface area contributed by atoms with Gasteiger partial charge in [-0.05, 0) is 76.4 Å². The van der Waals surface area contributed by atoms with Crippen molar-refractivity contribution >= 4 is 29.3 Å². The fourth-order valence-electron chi connectivity index (χ4n) is 3.73. The van der Waals surface area contributed by atoms with Crippen LogP contribution in [0.1, 0.15) is 57.7 Å². The first kappa shape index (κ1) is 21.5. The molecule has 1 aromatic carbocycles. The minimum atomic E-state index is -0.458. The molecule has 2 aromatic heterocycles. The molecule has 0 aliphatic heterocycles. The summed E-state index contributed by atoms with van der Waals surface area (Å²) in [5, 5.41) is 5.61. The van der Waals surface area contributed by atoms with Gasteiger partial charge in [-0.2, -0.15) is 5.10 Å². The van der Waals surface area contributed by atoms with E-state index in [0.717, 1.165) is 38.2 Å². The third-order valence-corrected chi connectivity index (χ3v) is 6.88. The number of esters is 1. The molecule has 32 heavy (non-hydrogen) atoms. The van der Waals surface area contributed by atoms with Gasteiger partial charge in [-0.25, -0.2) is 0 Å². The molecule has 2 unspecified atom stereocenters. The Hall–Kier alpha value is -2.31. The molecule has 2 atom stereocenters. The molecule has 0 saturated heterocycles. The molecule has 0 spiro atoms. The maximum absolute atomic E-state index is 12.3. The number of carbonyl (C=O) groups is 1. The Kier molecular flexibility index (Phi) is 5.54. The van der Waals surface area contributed by atoms with E-state index in [0.29, 0.717) is 6.04 Å². The number of carbonyl (C=O) groups excluding carboxylic acids is 1. The van der Waals surface area contributed by atoms with Crippen molar-refractivity contribution in [3.63, 3.8) is 0 Å². The number of ether oxygens (including phenoxy) is 1. The molecule has 5 rings (SSSR count). The Morgan fingerprint density at radius 2 is 1.91 bits per heavy atom. The SMILES string of the molecule is CC(C)(C)OC(=O)C1CC1c1ccc(-c2nn(C3CC3)cc2Sc2ccc(Cl)cc2)cn1. The Morgan fingerprint density at radius 3 is 2.53 bits per heavy atom. The lowest BCUT2D eigenvalue weighted by Crippen LogP contribution is -2.25. The first-order valence-electron chi connectivity index (χ1n) is 11.0. The van der Waals surface area contributed by atoms with Gasteiger partial charge in [-0.3, -0.25) is 14.5 Å². The van der Waals surface area contributed by atoms with Crippen LogP contribution in [0.3, 0.4) is 0 Å². The topological polar surface area (TPSA) is 57.0 Å². The second kappa shape index (κ2) is 8.23. The van der Waals surface area contributed by atoms with Gasteiger partial charge < -0.3 is 4.74 Å². The van der Waals surface area contributed by atoms with Gasteiger partial charge in [0.15, 0.2) is 0 Å². The molecule has 166 valence electrons. The van der Waals surface area contributed by atoms with Crippen molar-refractivity contribution in [2.24, 2.45) is 5.92 Å². The van der Waals surface area contributed by atoms with Crippen LogP contribution in [0.25, 0.3) is 11.3 Å². The highest BCUT2D eigenvalue weighted by Crippen LogP contribution is 2.48. The lowest BCUT2D eigenvalue weighted by molar-refractivity contribution is -0.156. The summed E-state index contributed by atoms with van der Waals surface area (Å²) < 4.78 is 7.61. The van der Waals surface area contributed by atoms with E-state index in [2.05, 4.69) is 16.9 Å². The van der Waals surface area contributed by atoms with Gasteiger partial charge in [0, 0.05) is 39.5 Å². The fraction of sp³-hybridized carbons (Fsp3) is 0.400. The van der Waals surface area contributed by atoms with E-state index < -0.39 is 5.60 Å². The molecule has 2 aliphatic rings. The normalized spacial score (nSPS) is 20.2. The van der Waals surface area contributed by atoms with Crippen molar-refractivity contribution in [1.82, 2.24) is 14.8 Å². The van der Waals surface area contributed by atoms with Crippen LogP contribution in [0, 0.1) is 5.92 Å². The third-order valence-electron chi connectivity index (χ3n) is 5.60. The Labute approximate surface area is 197 Å². The van der Waals surface area contributed by atoms with Gasteiger partial charge in [-0.1, -0.05) is 23.4 Å². The Morgan fingerprint density at radius 1 is 1.16 bits per heavy atom. The average molecular weight is 468 g/mol. The lowest BCUT2D eigenvalue weighted by atomic mass is 10.1. The molecule has 5 nitrogen and oxygen atoms in total. The molecule has 0 bridgehead atoms. The highest BCUT2D eigenvalue weighted by atomic mass is 35.5. The maximum atomic E-state index is 12.3. The van der Waals surface area contributed by atoms with Crippen LogP contribution in [0.15, 0.2) is 58.6 Å². The number of benzene rings is 1. The van der Waals surface area contributed by atoms with Gasteiger partial charge in [0.25, 0.3) is 0 Å². The molecular formula is C25H26ClN3O2S. The minimum Gasteiger partial charge on any atom is -0.460 e. The number of aromatic nitrogens is 3. The summed E-state index contributed by atoms with van der Waals surface area (Å²) in [5.41, 5.74) is 2.41. The van der Waals surface area contributed by atoms with Crippen LogP contribution in [-0.4, -0.2) is 26.3 Å². The Bertz CT molecular complexity index is 1130. The second-order valence-corrected chi connectivity index (χ2v) is 11.1. The minimum absolute atomic E-state index is 0.0855. The van der Waals surface area contributed by atoms with Gasteiger partial charge in [0.05, 0.1) is 16.9 Å². The Balaban J connectivity index is 1.35. The highest BCUT2D eigenvalue weighted by Gasteiger charge is 2.47. The smallest absolute Gasteiger partial charge is 0.310 e. The van der Waals surface area contributed by atoms with E-state index in [-0.39, 0.29) is 17.8 Å². The average Bonchev–Trinajstić information content (AvgIpc) is 3.66. The molecular weight excluding hydrogens is 442 g/mol. The predicted molar refractivity (Wildman–Crippen MR) is 126 cm³/mol. The van der Waals surface area contributed by atoms with Crippen molar-refractivity contribution in [1.29, 1.82) is 0 Å². The van der Waals surface area contributed by atoms with Crippen molar-refractivity contribution in [2.75, 3.05) is 0 Å². The fourth-order valence-corrected chi connectivity index (χ4v) is 4.80. The summed E-state index contributed by atoms with van der Waals surface area (Å²) in [4.78, 5) is 19.2. The molecule has 7 heteroatoms. The zero-order valence-corrected chi connectivity index (χ0v) is 20.0. The number of hydrogen-bond donors (Lipinski definition) is 0. The van der Waals surface area contributed by atoms with Crippen LogP contribution < -0.4 is 0 Å². The van der Waals surface area contributed by atoms with Crippen LogP contribution in [0.5, 0.6) is 0 Å². The van der Waals surface area contributed by atoms with E-state index in [4.69, 9.17) is 26.4 Å². The number of hydrogen-bond acceptors (Lipinski definition) is 5. The van der Waals surface area contributed by atoms with Gasteiger partial charge >= 0.3 is 5.97 Å². The number of pyridine rings is 1. The standard InChI is InChI=1S/C25H26ClN3O2S/c1-25(2,3)31-24(30)20-12-19(20)21-11-4-15(13-27-21)23-22(14-29(28-23)17-7-8-17)32-18-9-5-16(26)6-10-18/h4-6,9-11,13-14,17,19-20H,7-8,12H2,1-3H3. The predicted octanol–water partition coefficient (Wildman–Crippen LogP) is 6.53. The summed E-state index contributed by atoms with van der Waals surface area (Å²) in [6, 6.07) is 12.5. The van der Waals surface area contributed by atoms with E-state index >= 15 is 0 Å².